The highest BCUT2D eigenvalue weighted by atomic mass is 79.9. The van der Waals surface area contributed by atoms with Crippen molar-refractivity contribution in [3.8, 4) is 0 Å². The third-order valence-corrected chi connectivity index (χ3v) is 4.69. The largest absolute Gasteiger partial charge is 0.321 e. The Kier molecular flexibility index (Phi) is 2.94. The number of hydrogen-bond acceptors (Lipinski definition) is 2. The molecule has 0 radical (unpaired) electrons. The second-order valence-corrected chi connectivity index (χ2v) is 6.08. The molecule has 3 rings (SSSR count). The van der Waals surface area contributed by atoms with Crippen LogP contribution in [0, 0.1) is 0 Å². The lowest BCUT2D eigenvalue weighted by molar-refractivity contribution is 0.303. The van der Waals surface area contributed by atoms with Crippen molar-refractivity contribution in [3.63, 3.8) is 0 Å². The van der Waals surface area contributed by atoms with Crippen LogP contribution in [0.1, 0.15) is 37.7 Å². The van der Waals surface area contributed by atoms with E-state index in [0.717, 1.165) is 22.8 Å². The maximum Gasteiger partial charge on any atom is 0.135 e. The van der Waals surface area contributed by atoms with E-state index in [2.05, 4.69) is 39.2 Å². The third kappa shape index (κ3) is 1.79. The molecule has 1 saturated carbocycles. The number of hydrogen-bond donors (Lipinski definition) is 1. The minimum atomic E-state index is -0.176. The van der Waals surface area contributed by atoms with Crippen LogP contribution < -0.4 is 5.73 Å². The Morgan fingerprint density at radius 3 is 2.72 bits per heavy atom. The molecular formula is C14H18BrN3. The van der Waals surface area contributed by atoms with Crippen molar-refractivity contribution >= 4 is 26.8 Å². The van der Waals surface area contributed by atoms with Crippen LogP contribution in [-0.2, 0) is 12.6 Å². The van der Waals surface area contributed by atoms with Crippen molar-refractivity contribution in [2.75, 3.05) is 0 Å². The average Bonchev–Trinajstić information content (AvgIpc) is 2.66. The Morgan fingerprint density at radius 2 is 2.00 bits per heavy atom. The molecule has 0 bridgehead atoms. The van der Waals surface area contributed by atoms with Crippen molar-refractivity contribution in [2.24, 2.45) is 12.8 Å². The zero-order valence-corrected chi connectivity index (χ0v) is 12.2. The summed E-state index contributed by atoms with van der Waals surface area (Å²) in [6.45, 7) is 0. The van der Waals surface area contributed by atoms with Crippen LogP contribution >= 0.6 is 15.9 Å². The van der Waals surface area contributed by atoms with Crippen LogP contribution in [-0.4, -0.2) is 9.78 Å². The van der Waals surface area contributed by atoms with E-state index in [1.807, 2.05) is 11.7 Å². The Hall–Kier alpha value is -0.870. The van der Waals surface area contributed by atoms with Crippen molar-refractivity contribution in [2.45, 2.75) is 37.6 Å². The van der Waals surface area contributed by atoms with Gasteiger partial charge in [-0.2, -0.15) is 5.10 Å². The number of nitrogens with zero attached hydrogens (tertiary/aromatic N) is 2. The van der Waals surface area contributed by atoms with E-state index >= 15 is 0 Å². The summed E-state index contributed by atoms with van der Waals surface area (Å²) in [5.74, 6) is 0. The highest BCUT2D eigenvalue weighted by Crippen LogP contribution is 2.39. The van der Waals surface area contributed by atoms with Crippen molar-refractivity contribution in [3.05, 3.63) is 28.4 Å². The van der Waals surface area contributed by atoms with Crippen LogP contribution in [0.15, 0.2) is 22.8 Å². The number of halogens is 1. The molecule has 0 spiro atoms. The van der Waals surface area contributed by atoms with Gasteiger partial charge in [-0.05, 0) is 34.3 Å². The van der Waals surface area contributed by atoms with Gasteiger partial charge in [-0.25, -0.2) is 0 Å². The maximum atomic E-state index is 6.67. The third-order valence-electron chi connectivity index (χ3n) is 4.10. The molecule has 1 aliphatic rings. The van der Waals surface area contributed by atoms with Crippen LogP contribution in [0.5, 0.6) is 0 Å². The molecule has 0 atom stereocenters. The molecule has 0 unspecified atom stereocenters. The van der Waals surface area contributed by atoms with Gasteiger partial charge in [-0.15, -0.1) is 0 Å². The molecule has 1 aliphatic carbocycles. The molecule has 0 amide bonds. The van der Waals surface area contributed by atoms with E-state index in [-0.39, 0.29) is 5.54 Å². The predicted octanol–water partition coefficient (Wildman–Crippen LogP) is 3.45. The molecule has 1 fully saturated rings. The summed E-state index contributed by atoms with van der Waals surface area (Å²) in [6, 6.07) is 6.36. The molecule has 1 aromatic carbocycles. The minimum Gasteiger partial charge on any atom is -0.321 e. The Morgan fingerprint density at radius 1 is 1.28 bits per heavy atom. The number of rotatable bonds is 1. The summed E-state index contributed by atoms with van der Waals surface area (Å²) >= 11 is 3.52. The number of para-hydroxylation sites is 1. The van der Waals surface area contributed by atoms with Gasteiger partial charge in [0.2, 0.25) is 0 Å². The number of benzene rings is 1. The second kappa shape index (κ2) is 4.35. The van der Waals surface area contributed by atoms with E-state index < -0.39 is 0 Å². The molecule has 2 N–H and O–H groups in total. The van der Waals surface area contributed by atoms with Gasteiger partial charge in [-0.1, -0.05) is 37.5 Å². The van der Waals surface area contributed by atoms with Gasteiger partial charge in [0.25, 0.3) is 0 Å². The van der Waals surface area contributed by atoms with Crippen LogP contribution in [0.2, 0.25) is 0 Å². The van der Waals surface area contributed by atoms with Gasteiger partial charge < -0.3 is 5.73 Å². The highest BCUT2D eigenvalue weighted by Gasteiger charge is 2.32. The average molecular weight is 308 g/mol. The molecule has 4 heteroatoms. The summed E-state index contributed by atoms with van der Waals surface area (Å²) in [5.41, 5.74) is 8.92. The van der Waals surface area contributed by atoms with Crippen LogP contribution in [0.25, 0.3) is 10.9 Å². The summed E-state index contributed by atoms with van der Waals surface area (Å²) in [7, 11) is 1.99. The molecular weight excluding hydrogens is 290 g/mol. The lowest BCUT2D eigenvalue weighted by atomic mass is 9.77. The standard InChI is InChI=1S/C14H18BrN3/c1-18-12-10(13(15)17-18)6-5-7-11(12)14(16)8-3-2-4-9-14/h5-7H,2-4,8-9,16H2,1H3. The van der Waals surface area contributed by atoms with Gasteiger partial charge in [-0.3, -0.25) is 4.68 Å². The van der Waals surface area contributed by atoms with Crippen LogP contribution in [0.3, 0.4) is 0 Å². The Bertz CT molecular complexity index is 582. The number of fused-ring (bicyclic) bond motifs is 1. The Balaban J connectivity index is 2.22. The summed E-state index contributed by atoms with van der Waals surface area (Å²) in [5, 5.41) is 5.61. The molecule has 1 aromatic heterocycles. The van der Waals surface area contributed by atoms with Gasteiger partial charge in [0.15, 0.2) is 0 Å². The normalized spacial score (nSPS) is 19.3. The first-order valence-corrected chi connectivity index (χ1v) is 7.32. The zero-order valence-electron chi connectivity index (χ0n) is 10.6. The quantitative estimate of drug-likeness (QED) is 0.877. The first kappa shape index (κ1) is 12.2. The fourth-order valence-electron chi connectivity index (χ4n) is 3.15. The topological polar surface area (TPSA) is 43.8 Å². The van der Waals surface area contributed by atoms with Crippen LogP contribution in [0.4, 0.5) is 0 Å². The SMILES string of the molecule is Cn1nc(Br)c2cccc(C3(N)CCCCC3)c21. The van der Waals surface area contributed by atoms with Crippen molar-refractivity contribution < 1.29 is 0 Å². The maximum absolute atomic E-state index is 6.67. The zero-order chi connectivity index (χ0) is 12.8. The fraction of sp³-hybridized carbons (Fsp3) is 0.500. The van der Waals surface area contributed by atoms with E-state index in [4.69, 9.17) is 5.73 Å². The van der Waals surface area contributed by atoms with Gasteiger partial charge in [0.05, 0.1) is 5.52 Å². The smallest absolute Gasteiger partial charge is 0.135 e. The summed E-state index contributed by atoms with van der Waals surface area (Å²) in [6.07, 6.45) is 5.92. The molecule has 96 valence electrons. The Labute approximate surface area is 115 Å². The van der Waals surface area contributed by atoms with E-state index in [9.17, 15) is 0 Å². The van der Waals surface area contributed by atoms with E-state index in [1.54, 1.807) is 0 Å². The molecule has 0 aliphatic heterocycles. The molecule has 2 aromatic rings. The number of nitrogens with two attached hydrogens (primary N) is 1. The lowest BCUT2D eigenvalue weighted by Crippen LogP contribution is -2.39. The molecule has 3 nitrogen and oxygen atoms in total. The predicted molar refractivity (Wildman–Crippen MR) is 77.4 cm³/mol. The summed E-state index contributed by atoms with van der Waals surface area (Å²) < 4.78 is 2.85. The number of aromatic nitrogens is 2. The molecule has 1 heterocycles. The minimum absolute atomic E-state index is 0.176. The van der Waals surface area contributed by atoms with E-state index in [0.29, 0.717) is 0 Å². The monoisotopic (exact) mass is 307 g/mol. The van der Waals surface area contributed by atoms with Gasteiger partial charge >= 0.3 is 0 Å². The highest BCUT2D eigenvalue weighted by molar-refractivity contribution is 9.10. The lowest BCUT2D eigenvalue weighted by Gasteiger charge is -2.34. The first-order valence-electron chi connectivity index (χ1n) is 6.52. The summed E-state index contributed by atoms with van der Waals surface area (Å²) in [4.78, 5) is 0. The molecule has 18 heavy (non-hydrogen) atoms. The second-order valence-electron chi connectivity index (χ2n) is 5.33. The number of aryl methyl sites for hydroxylation is 1. The van der Waals surface area contributed by atoms with Crippen molar-refractivity contribution in [1.82, 2.24) is 9.78 Å². The van der Waals surface area contributed by atoms with E-state index in [1.165, 1.54) is 30.3 Å². The van der Waals surface area contributed by atoms with Gasteiger partial charge in [0, 0.05) is 18.0 Å². The molecule has 0 saturated heterocycles. The first-order chi connectivity index (χ1) is 8.62. The van der Waals surface area contributed by atoms with Gasteiger partial charge in [0.1, 0.15) is 4.60 Å². The fourth-order valence-corrected chi connectivity index (χ4v) is 3.71. The van der Waals surface area contributed by atoms with Crippen molar-refractivity contribution in [1.29, 1.82) is 0 Å².